The summed E-state index contributed by atoms with van der Waals surface area (Å²) in [4.78, 5) is 0. The molecule has 98 valence electrons. The molecule has 0 aromatic carbocycles. The second-order valence-electron chi connectivity index (χ2n) is 5.49. The first-order valence-corrected chi connectivity index (χ1v) is 8.37. The fraction of sp³-hybridized carbons (Fsp3) is 0.846. The Morgan fingerprint density at radius 1 is 1.35 bits per heavy atom. The van der Waals surface area contributed by atoms with Gasteiger partial charge < -0.3 is 4.74 Å². The third-order valence-electron chi connectivity index (χ3n) is 4.10. The smallest absolute Gasteiger partial charge is 0.151 e. The minimum absolute atomic E-state index is 0.130. The SMILES string of the molecule is CCC1(COC=C2CCCC2)CCS(=O)(=O)C1. The Hall–Kier alpha value is -0.510. The molecule has 0 amide bonds. The first kappa shape index (κ1) is 12.9. The Kier molecular flexibility index (Phi) is 3.81. The van der Waals surface area contributed by atoms with Gasteiger partial charge in [-0.1, -0.05) is 6.92 Å². The lowest BCUT2D eigenvalue weighted by Gasteiger charge is -2.25. The van der Waals surface area contributed by atoms with E-state index in [0.29, 0.717) is 18.1 Å². The number of hydrogen-bond donors (Lipinski definition) is 0. The van der Waals surface area contributed by atoms with E-state index in [1.807, 2.05) is 6.26 Å². The van der Waals surface area contributed by atoms with Crippen molar-refractivity contribution in [3.8, 4) is 0 Å². The number of ether oxygens (including phenoxy) is 1. The zero-order valence-electron chi connectivity index (χ0n) is 10.6. The van der Waals surface area contributed by atoms with E-state index in [-0.39, 0.29) is 5.41 Å². The molecule has 1 heterocycles. The summed E-state index contributed by atoms with van der Waals surface area (Å²) >= 11 is 0. The highest BCUT2D eigenvalue weighted by Crippen LogP contribution is 2.36. The molecule has 4 heteroatoms. The molecule has 2 rings (SSSR count). The van der Waals surface area contributed by atoms with Crippen LogP contribution in [0, 0.1) is 5.41 Å². The van der Waals surface area contributed by atoms with Gasteiger partial charge in [0.25, 0.3) is 0 Å². The van der Waals surface area contributed by atoms with Crippen LogP contribution in [-0.4, -0.2) is 26.5 Å². The van der Waals surface area contributed by atoms with Crippen LogP contribution in [0.2, 0.25) is 0 Å². The first-order valence-electron chi connectivity index (χ1n) is 6.55. The van der Waals surface area contributed by atoms with Gasteiger partial charge in [-0.2, -0.15) is 0 Å². The molecule has 0 N–H and O–H groups in total. The normalized spacial score (nSPS) is 31.7. The summed E-state index contributed by atoms with van der Waals surface area (Å²) in [5, 5.41) is 0. The second-order valence-corrected chi connectivity index (χ2v) is 7.67. The Bertz CT molecular complexity index is 389. The highest BCUT2D eigenvalue weighted by atomic mass is 32.2. The lowest BCUT2D eigenvalue weighted by atomic mass is 9.86. The number of allylic oxidation sites excluding steroid dienone is 1. The number of sulfone groups is 1. The molecule has 0 bridgehead atoms. The van der Waals surface area contributed by atoms with Crippen LogP contribution in [0.1, 0.15) is 45.4 Å². The zero-order valence-corrected chi connectivity index (χ0v) is 11.4. The van der Waals surface area contributed by atoms with Gasteiger partial charge in [0.15, 0.2) is 9.84 Å². The van der Waals surface area contributed by atoms with Crippen molar-refractivity contribution in [3.05, 3.63) is 11.8 Å². The minimum atomic E-state index is -2.82. The van der Waals surface area contributed by atoms with Crippen LogP contribution >= 0.6 is 0 Å². The van der Waals surface area contributed by atoms with Crippen molar-refractivity contribution in [1.29, 1.82) is 0 Å². The summed E-state index contributed by atoms with van der Waals surface area (Å²) in [7, 11) is -2.82. The van der Waals surface area contributed by atoms with Crippen molar-refractivity contribution in [3.63, 3.8) is 0 Å². The van der Waals surface area contributed by atoms with Gasteiger partial charge in [-0.15, -0.1) is 0 Å². The second kappa shape index (κ2) is 5.01. The van der Waals surface area contributed by atoms with Crippen molar-refractivity contribution < 1.29 is 13.2 Å². The van der Waals surface area contributed by atoms with Gasteiger partial charge in [-0.25, -0.2) is 8.42 Å². The van der Waals surface area contributed by atoms with Crippen LogP contribution in [0.3, 0.4) is 0 Å². The highest BCUT2D eigenvalue weighted by Gasteiger charge is 2.41. The molecule has 1 atom stereocenters. The molecular weight excluding hydrogens is 236 g/mol. The maximum absolute atomic E-state index is 11.6. The summed E-state index contributed by atoms with van der Waals surface area (Å²) in [5.41, 5.74) is 1.26. The summed E-state index contributed by atoms with van der Waals surface area (Å²) < 4.78 is 28.8. The van der Waals surface area contributed by atoms with E-state index in [4.69, 9.17) is 4.74 Å². The van der Waals surface area contributed by atoms with Gasteiger partial charge in [0, 0.05) is 5.41 Å². The zero-order chi connectivity index (χ0) is 12.4. The lowest BCUT2D eigenvalue weighted by Crippen LogP contribution is -2.26. The molecule has 3 nitrogen and oxygen atoms in total. The van der Waals surface area contributed by atoms with Crippen LogP contribution in [0.15, 0.2) is 11.8 Å². The van der Waals surface area contributed by atoms with Crippen molar-refractivity contribution in [2.24, 2.45) is 5.41 Å². The molecule has 0 aromatic heterocycles. The molecule has 2 fully saturated rings. The Labute approximate surface area is 104 Å². The predicted molar refractivity (Wildman–Crippen MR) is 68.5 cm³/mol. The molecule has 17 heavy (non-hydrogen) atoms. The molecule has 0 radical (unpaired) electrons. The molecule has 1 saturated heterocycles. The quantitative estimate of drug-likeness (QED) is 0.728. The van der Waals surface area contributed by atoms with E-state index < -0.39 is 9.84 Å². The molecule has 1 unspecified atom stereocenters. The van der Waals surface area contributed by atoms with Gasteiger partial charge in [0.05, 0.1) is 24.4 Å². The lowest BCUT2D eigenvalue weighted by molar-refractivity contribution is 0.122. The third kappa shape index (κ3) is 3.24. The summed E-state index contributed by atoms with van der Waals surface area (Å²) in [6, 6.07) is 0. The van der Waals surface area contributed by atoms with Crippen molar-refractivity contribution in [2.45, 2.75) is 45.4 Å². The number of hydrogen-bond acceptors (Lipinski definition) is 3. The van der Waals surface area contributed by atoms with Crippen molar-refractivity contribution in [1.82, 2.24) is 0 Å². The topological polar surface area (TPSA) is 43.4 Å². The minimum Gasteiger partial charge on any atom is -0.501 e. The molecule has 1 aliphatic carbocycles. The van der Waals surface area contributed by atoms with E-state index in [1.165, 1.54) is 18.4 Å². The standard InChI is InChI=1S/C13H22O3S/c1-2-13(7-8-17(14,15)11-13)10-16-9-12-5-3-4-6-12/h9H,2-8,10-11H2,1H3. The molecular formula is C13H22O3S. The summed E-state index contributed by atoms with van der Waals surface area (Å²) in [5.74, 6) is 0.639. The molecule has 1 aliphatic heterocycles. The van der Waals surface area contributed by atoms with Crippen LogP contribution in [0.4, 0.5) is 0 Å². The van der Waals surface area contributed by atoms with E-state index in [1.54, 1.807) is 0 Å². The van der Waals surface area contributed by atoms with Crippen LogP contribution in [0.25, 0.3) is 0 Å². The summed E-state index contributed by atoms with van der Waals surface area (Å²) in [6.07, 6.45) is 8.36. The summed E-state index contributed by atoms with van der Waals surface area (Å²) in [6.45, 7) is 2.62. The Balaban J connectivity index is 1.90. The molecule has 2 aliphatic rings. The molecule has 0 aromatic rings. The average Bonchev–Trinajstić information content (AvgIpc) is 2.87. The van der Waals surface area contributed by atoms with Crippen molar-refractivity contribution >= 4 is 9.84 Å². The van der Waals surface area contributed by atoms with Crippen LogP contribution < -0.4 is 0 Å². The monoisotopic (exact) mass is 258 g/mol. The van der Waals surface area contributed by atoms with Crippen LogP contribution in [0.5, 0.6) is 0 Å². The van der Waals surface area contributed by atoms with Gasteiger partial charge in [-0.05, 0) is 44.1 Å². The first-order chi connectivity index (χ1) is 8.05. The number of rotatable bonds is 4. The van der Waals surface area contributed by atoms with Crippen LogP contribution in [-0.2, 0) is 14.6 Å². The molecule has 1 saturated carbocycles. The van der Waals surface area contributed by atoms with E-state index in [0.717, 1.165) is 25.7 Å². The van der Waals surface area contributed by atoms with Gasteiger partial charge >= 0.3 is 0 Å². The van der Waals surface area contributed by atoms with Crippen molar-refractivity contribution in [2.75, 3.05) is 18.1 Å². The predicted octanol–water partition coefficient (Wildman–Crippen LogP) is 2.68. The van der Waals surface area contributed by atoms with Gasteiger partial charge in [0.2, 0.25) is 0 Å². The average molecular weight is 258 g/mol. The fourth-order valence-electron chi connectivity index (χ4n) is 2.76. The highest BCUT2D eigenvalue weighted by molar-refractivity contribution is 7.91. The van der Waals surface area contributed by atoms with E-state index in [2.05, 4.69) is 6.92 Å². The van der Waals surface area contributed by atoms with Gasteiger partial charge in [0.1, 0.15) is 0 Å². The largest absolute Gasteiger partial charge is 0.501 e. The maximum Gasteiger partial charge on any atom is 0.151 e. The third-order valence-corrected chi connectivity index (χ3v) is 5.98. The Morgan fingerprint density at radius 2 is 2.06 bits per heavy atom. The van der Waals surface area contributed by atoms with E-state index >= 15 is 0 Å². The maximum atomic E-state index is 11.6. The van der Waals surface area contributed by atoms with Gasteiger partial charge in [-0.3, -0.25) is 0 Å². The molecule has 0 spiro atoms. The fourth-order valence-corrected chi connectivity index (χ4v) is 5.01. The van der Waals surface area contributed by atoms with E-state index in [9.17, 15) is 8.42 Å². The Morgan fingerprint density at radius 3 is 2.59 bits per heavy atom.